The van der Waals surface area contributed by atoms with Crippen LogP contribution in [0.1, 0.15) is 16.3 Å². The van der Waals surface area contributed by atoms with E-state index < -0.39 is 5.97 Å². The molecule has 0 bridgehead atoms. The lowest BCUT2D eigenvalue weighted by atomic mass is 10.3. The number of aromatic nitrogens is 2. The van der Waals surface area contributed by atoms with E-state index in [4.69, 9.17) is 9.84 Å². The summed E-state index contributed by atoms with van der Waals surface area (Å²) in [5, 5.41) is 8.95. The topological polar surface area (TPSA) is 63.8 Å². The van der Waals surface area contributed by atoms with Crippen LogP contribution in [0.3, 0.4) is 0 Å². The van der Waals surface area contributed by atoms with Crippen molar-refractivity contribution in [2.45, 2.75) is 6.61 Å². The van der Waals surface area contributed by atoms with E-state index in [1.54, 1.807) is 29.8 Å². The number of carboxylic acid groups (broad SMARTS) is 1. The molecule has 2 aromatic heterocycles. The number of hydrogen-bond donors (Lipinski definition) is 1. The van der Waals surface area contributed by atoms with Gasteiger partial charge in [-0.15, -0.1) is 0 Å². The summed E-state index contributed by atoms with van der Waals surface area (Å²) in [5.41, 5.74) is 0.639. The molecule has 0 saturated carbocycles. The monoisotopic (exact) mass is 206 g/mol. The second-order valence-corrected chi connectivity index (χ2v) is 3.07. The molecule has 0 aliphatic rings. The molecule has 0 fully saturated rings. The van der Waals surface area contributed by atoms with E-state index in [9.17, 15) is 4.79 Å². The zero-order valence-corrected chi connectivity index (χ0v) is 8.17. The van der Waals surface area contributed by atoms with Crippen molar-refractivity contribution >= 4 is 11.5 Å². The van der Waals surface area contributed by atoms with Gasteiger partial charge in [-0.05, 0) is 12.1 Å². The quantitative estimate of drug-likeness (QED) is 0.818. The number of aromatic carboxylic acids is 1. The minimum absolute atomic E-state index is 0.0580. The van der Waals surface area contributed by atoms with Crippen molar-refractivity contribution in [2.75, 3.05) is 7.11 Å². The van der Waals surface area contributed by atoms with Crippen LogP contribution in [0.2, 0.25) is 0 Å². The van der Waals surface area contributed by atoms with Crippen molar-refractivity contribution in [3.63, 3.8) is 0 Å². The molecule has 0 unspecified atom stereocenters. The lowest BCUT2D eigenvalue weighted by Gasteiger charge is -1.97. The third-order valence-electron chi connectivity index (χ3n) is 2.10. The number of rotatable bonds is 3. The minimum Gasteiger partial charge on any atom is -0.476 e. The third-order valence-corrected chi connectivity index (χ3v) is 2.10. The summed E-state index contributed by atoms with van der Waals surface area (Å²) in [6.07, 6.45) is 1.77. The molecule has 2 heterocycles. The van der Waals surface area contributed by atoms with Crippen LogP contribution in [-0.4, -0.2) is 27.6 Å². The number of nitrogens with zero attached hydrogens (tertiary/aromatic N) is 2. The predicted octanol–water partition coefficient (Wildman–Crippen LogP) is 1.18. The number of pyridine rings is 1. The third kappa shape index (κ3) is 1.57. The van der Waals surface area contributed by atoms with Gasteiger partial charge in [0, 0.05) is 13.3 Å². The molecule has 78 valence electrons. The Morgan fingerprint density at radius 1 is 1.60 bits per heavy atom. The maximum absolute atomic E-state index is 10.9. The number of imidazole rings is 1. The van der Waals surface area contributed by atoms with E-state index in [1.807, 2.05) is 6.07 Å². The lowest BCUT2D eigenvalue weighted by molar-refractivity contribution is 0.0692. The second-order valence-electron chi connectivity index (χ2n) is 3.07. The van der Waals surface area contributed by atoms with Crippen molar-refractivity contribution in [1.29, 1.82) is 0 Å². The van der Waals surface area contributed by atoms with Gasteiger partial charge in [-0.2, -0.15) is 0 Å². The smallest absolute Gasteiger partial charge is 0.356 e. The molecule has 5 heteroatoms. The Kier molecular flexibility index (Phi) is 2.39. The maximum Gasteiger partial charge on any atom is 0.356 e. The highest BCUT2D eigenvalue weighted by Gasteiger charge is 2.15. The Hall–Kier alpha value is -1.88. The van der Waals surface area contributed by atoms with Crippen LogP contribution in [0.4, 0.5) is 0 Å². The highest BCUT2D eigenvalue weighted by molar-refractivity contribution is 5.93. The van der Waals surface area contributed by atoms with E-state index >= 15 is 0 Å². The van der Waals surface area contributed by atoms with Crippen molar-refractivity contribution in [2.24, 2.45) is 0 Å². The van der Waals surface area contributed by atoms with Gasteiger partial charge >= 0.3 is 5.97 Å². The fourth-order valence-corrected chi connectivity index (χ4v) is 1.49. The summed E-state index contributed by atoms with van der Waals surface area (Å²) in [4.78, 5) is 14.9. The Balaban J connectivity index is 2.67. The van der Waals surface area contributed by atoms with Crippen LogP contribution in [0.25, 0.3) is 5.52 Å². The van der Waals surface area contributed by atoms with Crippen LogP contribution >= 0.6 is 0 Å². The van der Waals surface area contributed by atoms with Crippen LogP contribution in [-0.2, 0) is 11.3 Å². The first-order chi connectivity index (χ1) is 7.24. The highest BCUT2D eigenvalue weighted by atomic mass is 16.5. The molecular weight excluding hydrogens is 196 g/mol. The van der Waals surface area contributed by atoms with Crippen LogP contribution in [0, 0.1) is 0 Å². The first-order valence-electron chi connectivity index (χ1n) is 4.42. The summed E-state index contributed by atoms with van der Waals surface area (Å²) in [6.45, 7) is 0.290. The molecule has 0 aliphatic heterocycles. The van der Waals surface area contributed by atoms with Gasteiger partial charge in [-0.3, -0.25) is 0 Å². The van der Waals surface area contributed by atoms with E-state index in [-0.39, 0.29) is 5.69 Å². The summed E-state index contributed by atoms with van der Waals surface area (Å²) in [6, 6.07) is 5.31. The summed E-state index contributed by atoms with van der Waals surface area (Å²) >= 11 is 0. The SMILES string of the molecule is COCc1nc(C(=O)O)c2ccccn12. The van der Waals surface area contributed by atoms with E-state index in [1.165, 1.54) is 0 Å². The molecule has 1 N–H and O–H groups in total. The fraction of sp³-hybridized carbons (Fsp3) is 0.200. The van der Waals surface area contributed by atoms with Crippen LogP contribution in [0.5, 0.6) is 0 Å². The largest absolute Gasteiger partial charge is 0.476 e. The van der Waals surface area contributed by atoms with Gasteiger partial charge in [0.15, 0.2) is 5.69 Å². The van der Waals surface area contributed by atoms with Gasteiger partial charge in [-0.25, -0.2) is 9.78 Å². The van der Waals surface area contributed by atoms with Gasteiger partial charge in [0.25, 0.3) is 0 Å². The van der Waals surface area contributed by atoms with E-state index in [0.717, 1.165) is 0 Å². The van der Waals surface area contributed by atoms with Gasteiger partial charge in [0.1, 0.15) is 12.4 Å². The molecule has 15 heavy (non-hydrogen) atoms. The minimum atomic E-state index is -1.03. The Bertz CT molecular complexity index is 504. The number of hydrogen-bond acceptors (Lipinski definition) is 3. The molecule has 2 aromatic rings. The van der Waals surface area contributed by atoms with Crippen LogP contribution in [0.15, 0.2) is 24.4 Å². The van der Waals surface area contributed by atoms with Crippen molar-refractivity contribution in [1.82, 2.24) is 9.38 Å². The first-order valence-corrected chi connectivity index (χ1v) is 4.42. The average molecular weight is 206 g/mol. The molecule has 0 aromatic carbocycles. The lowest BCUT2D eigenvalue weighted by Crippen LogP contribution is -1.97. The number of carbonyl (C=O) groups is 1. The molecule has 0 amide bonds. The van der Waals surface area contributed by atoms with E-state index in [2.05, 4.69) is 4.98 Å². The average Bonchev–Trinajstić information content (AvgIpc) is 2.59. The zero-order chi connectivity index (χ0) is 10.8. The first kappa shape index (κ1) is 9.67. The van der Waals surface area contributed by atoms with Gasteiger partial charge in [-0.1, -0.05) is 6.07 Å². The summed E-state index contributed by atoms with van der Waals surface area (Å²) in [5.74, 6) is -0.438. The molecule has 0 saturated heterocycles. The van der Waals surface area contributed by atoms with Crippen molar-refractivity contribution < 1.29 is 14.6 Å². The standard InChI is InChI=1S/C10H10N2O3/c1-15-6-8-11-9(10(13)14)7-4-2-3-5-12(7)8/h2-5H,6H2,1H3,(H,13,14). The number of fused-ring (bicyclic) bond motifs is 1. The number of methoxy groups -OCH3 is 1. The van der Waals surface area contributed by atoms with Crippen molar-refractivity contribution in [3.05, 3.63) is 35.9 Å². The highest BCUT2D eigenvalue weighted by Crippen LogP contribution is 2.13. The summed E-state index contributed by atoms with van der Waals surface area (Å²) in [7, 11) is 1.55. The Morgan fingerprint density at radius 2 is 2.40 bits per heavy atom. The van der Waals surface area contributed by atoms with E-state index in [0.29, 0.717) is 17.9 Å². The molecule has 0 aliphatic carbocycles. The molecule has 0 radical (unpaired) electrons. The summed E-state index contributed by atoms with van der Waals surface area (Å²) < 4.78 is 6.67. The predicted molar refractivity (Wildman–Crippen MR) is 52.9 cm³/mol. The second kappa shape index (κ2) is 3.70. The molecule has 5 nitrogen and oxygen atoms in total. The number of ether oxygens (including phenoxy) is 1. The molecule has 0 atom stereocenters. The fourth-order valence-electron chi connectivity index (χ4n) is 1.49. The Labute approximate surface area is 85.9 Å². The van der Waals surface area contributed by atoms with Crippen molar-refractivity contribution in [3.8, 4) is 0 Å². The molecule has 2 rings (SSSR count). The number of carboxylic acids is 1. The Morgan fingerprint density at radius 3 is 3.07 bits per heavy atom. The van der Waals surface area contributed by atoms with Gasteiger partial charge < -0.3 is 14.2 Å². The van der Waals surface area contributed by atoms with Gasteiger partial charge in [0.2, 0.25) is 0 Å². The molecule has 0 spiro atoms. The maximum atomic E-state index is 10.9. The van der Waals surface area contributed by atoms with Crippen LogP contribution < -0.4 is 0 Å². The molecular formula is C10H10N2O3. The van der Waals surface area contributed by atoms with Gasteiger partial charge in [0.05, 0.1) is 5.52 Å². The zero-order valence-electron chi connectivity index (χ0n) is 8.17. The normalized spacial score (nSPS) is 10.7.